The number of aliphatic carboxylic acids is 1. The Morgan fingerprint density at radius 3 is 2.00 bits per heavy atom. The molecule has 0 aliphatic carbocycles. The Morgan fingerprint density at radius 2 is 1.52 bits per heavy atom. The number of benzene rings is 2. The topological polar surface area (TPSA) is 74.7 Å². The van der Waals surface area contributed by atoms with Crippen molar-refractivity contribution in [3.05, 3.63) is 69.7 Å². The molecule has 2 aromatic carbocycles. The Hall–Kier alpha value is -2.47. The number of rotatable bonds is 4. The minimum absolute atomic E-state index is 0.0636. The number of carboxylic acid groups (broad SMARTS) is 1. The molecular weight excluding hydrogens is 362 g/mol. The van der Waals surface area contributed by atoms with Crippen molar-refractivity contribution in [1.29, 1.82) is 0 Å². The van der Waals surface area contributed by atoms with Crippen molar-refractivity contribution in [2.45, 2.75) is 12.5 Å². The van der Waals surface area contributed by atoms with Crippen LogP contribution in [0, 0.1) is 0 Å². The molecule has 5 nitrogen and oxygen atoms in total. The van der Waals surface area contributed by atoms with Gasteiger partial charge in [0.25, 0.3) is 11.8 Å². The number of carbonyl (C=O) groups excluding carboxylic acids is 2. The van der Waals surface area contributed by atoms with Crippen LogP contribution in [-0.2, 0) is 11.2 Å². The lowest BCUT2D eigenvalue weighted by Gasteiger charge is -2.22. The van der Waals surface area contributed by atoms with Crippen LogP contribution in [0.3, 0.4) is 0 Å². The van der Waals surface area contributed by atoms with Crippen molar-refractivity contribution in [1.82, 2.24) is 4.90 Å². The summed E-state index contributed by atoms with van der Waals surface area (Å²) in [5.74, 6) is -2.33. The third-order valence-electron chi connectivity index (χ3n) is 3.76. The van der Waals surface area contributed by atoms with E-state index in [4.69, 9.17) is 0 Å². The SMILES string of the molecule is O=C(O)C(Cc1ccc(Br)cc1)N1C(=O)c2ccccc2C1=O. The van der Waals surface area contributed by atoms with Gasteiger partial charge in [0.15, 0.2) is 0 Å². The fourth-order valence-corrected chi connectivity index (χ4v) is 2.89. The van der Waals surface area contributed by atoms with Crippen molar-refractivity contribution in [2.75, 3.05) is 0 Å². The number of hydrogen-bond donors (Lipinski definition) is 1. The first-order valence-electron chi connectivity index (χ1n) is 6.93. The molecule has 1 heterocycles. The average Bonchev–Trinajstić information content (AvgIpc) is 2.79. The van der Waals surface area contributed by atoms with Gasteiger partial charge in [0.2, 0.25) is 0 Å². The number of hydrogen-bond acceptors (Lipinski definition) is 3. The molecule has 1 aliphatic rings. The lowest BCUT2D eigenvalue weighted by atomic mass is 10.0. The van der Waals surface area contributed by atoms with Gasteiger partial charge in [-0.25, -0.2) is 4.79 Å². The van der Waals surface area contributed by atoms with Gasteiger partial charge in [0.1, 0.15) is 6.04 Å². The highest BCUT2D eigenvalue weighted by Gasteiger charge is 2.42. The number of carboxylic acids is 1. The Bertz CT molecular complexity index is 765. The number of imide groups is 1. The van der Waals surface area contributed by atoms with Gasteiger partial charge in [-0.3, -0.25) is 14.5 Å². The van der Waals surface area contributed by atoms with E-state index >= 15 is 0 Å². The number of fused-ring (bicyclic) bond motifs is 1. The van der Waals surface area contributed by atoms with Crippen molar-refractivity contribution >= 4 is 33.7 Å². The maximum atomic E-state index is 12.4. The van der Waals surface area contributed by atoms with Crippen LogP contribution in [0.15, 0.2) is 53.0 Å². The van der Waals surface area contributed by atoms with E-state index in [1.807, 2.05) is 0 Å². The molecule has 23 heavy (non-hydrogen) atoms. The number of nitrogens with zero attached hydrogens (tertiary/aromatic N) is 1. The molecule has 0 spiro atoms. The van der Waals surface area contributed by atoms with E-state index in [1.54, 1.807) is 36.4 Å². The zero-order chi connectivity index (χ0) is 16.6. The lowest BCUT2D eigenvalue weighted by molar-refractivity contribution is -0.141. The van der Waals surface area contributed by atoms with E-state index in [0.29, 0.717) is 0 Å². The van der Waals surface area contributed by atoms with Gasteiger partial charge in [-0.2, -0.15) is 0 Å². The second-order valence-corrected chi connectivity index (χ2v) is 6.13. The Labute approximate surface area is 140 Å². The minimum Gasteiger partial charge on any atom is -0.480 e. The molecule has 3 rings (SSSR count). The van der Waals surface area contributed by atoms with Crippen LogP contribution in [0.5, 0.6) is 0 Å². The Kier molecular flexibility index (Phi) is 4.00. The molecule has 0 saturated heterocycles. The van der Waals surface area contributed by atoms with Gasteiger partial charge in [-0.15, -0.1) is 0 Å². The molecule has 2 amide bonds. The Morgan fingerprint density at radius 1 is 1.00 bits per heavy atom. The standard InChI is InChI=1S/C17H12BrNO4/c18-11-7-5-10(6-8-11)9-14(17(22)23)19-15(20)12-3-1-2-4-13(12)16(19)21/h1-8,14H,9H2,(H,22,23). The molecule has 0 radical (unpaired) electrons. The quantitative estimate of drug-likeness (QED) is 0.836. The van der Waals surface area contributed by atoms with Gasteiger partial charge in [0, 0.05) is 10.9 Å². The summed E-state index contributed by atoms with van der Waals surface area (Å²) < 4.78 is 0.869. The van der Waals surface area contributed by atoms with Gasteiger partial charge >= 0.3 is 5.97 Å². The van der Waals surface area contributed by atoms with E-state index in [1.165, 1.54) is 12.1 Å². The molecule has 1 unspecified atom stereocenters. The van der Waals surface area contributed by atoms with Crippen molar-refractivity contribution in [3.63, 3.8) is 0 Å². The van der Waals surface area contributed by atoms with Crippen molar-refractivity contribution < 1.29 is 19.5 Å². The summed E-state index contributed by atoms with van der Waals surface area (Å²) in [6.07, 6.45) is 0.0636. The molecule has 0 bridgehead atoms. The minimum atomic E-state index is -1.23. The smallest absolute Gasteiger partial charge is 0.327 e. The Balaban J connectivity index is 1.94. The summed E-state index contributed by atoms with van der Waals surface area (Å²) in [5.41, 5.74) is 1.23. The summed E-state index contributed by atoms with van der Waals surface area (Å²) in [6, 6.07) is 12.2. The third-order valence-corrected chi connectivity index (χ3v) is 4.29. The van der Waals surface area contributed by atoms with E-state index in [2.05, 4.69) is 15.9 Å². The molecule has 1 aliphatic heterocycles. The summed E-state index contributed by atoms with van der Waals surface area (Å²) in [6.45, 7) is 0. The monoisotopic (exact) mass is 373 g/mol. The summed E-state index contributed by atoms with van der Waals surface area (Å²) in [7, 11) is 0. The van der Waals surface area contributed by atoms with E-state index in [-0.39, 0.29) is 17.5 Å². The second-order valence-electron chi connectivity index (χ2n) is 5.21. The van der Waals surface area contributed by atoms with Crippen LogP contribution < -0.4 is 0 Å². The van der Waals surface area contributed by atoms with Gasteiger partial charge in [0.05, 0.1) is 11.1 Å². The van der Waals surface area contributed by atoms with Crippen LogP contribution in [-0.4, -0.2) is 33.8 Å². The maximum absolute atomic E-state index is 12.4. The largest absolute Gasteiger partial charge is 0.480 e. The average molecular weight is 374 g/mol. The normalized spacial score (nSPS) is 14.7. The first-order chi connectivity index (χ1) is 11.0. The molecular formula is C17H12BrNO4. The summed E-state index contributed by atoms with van der Waals surface area (Å²) in [4.78, 5) is 37.4. The van der Waals surface area contributed by atoms with E-state index in [0.717, 1.165) is 14.9 Å². The number of carbonyl (C=O) groups is 3. The highest BCUT2D eigenvalue weighted by molar-refractivity contribution is 9.10. The van der Waals surface area contributed by atoms with Crippen LogP contribution in [0.2, 0.25) is 0 Å². The first kappa shape index (κ1) is 15.4. The zero-order valence-electron chi connectivity index (χ0n) is 11.9. The molecule has 1 atom stereocenters. The number of halogens is 1. The molecule has 6 heteroatoms. The fourth-order valence-electron chi connectivity index (χ4n) is 2.62. The highest BCUT2D eigenvalue weighted by Crippen LogP contribution is 2.26. The lowest BCUT2D eigenvalue weighted by Crippen LogP contribution is -2.46. The first-order valence-corrected chi connectivity index (χ1v) is 7.72. The predicted molar refractivity (Wildman–Crippen MR) is 86.2 cm³/mol. The third kappa shape index (κ3) is 2.77. The van der Waals surface area contributed by atoms with Crippen LogP contribution in [0.4, 0.5) is 0 Å². The number of amides is 2. The van der Waals surface area contributed by atoms with Crippen LogP contribution in [0.1, 0.15) is 26.3 Å². The van der Waals surface area contributed by atoms with Gasteiger partial charge < -0.3 is 5.11 Å². The fraction of sp³-hybridized carbons (Fsp3) is 0.118. The van der Waals surface area contributed by atoms with E-state index < -0.39 is 23.8 Å². The highest BCUT2D eigenvalue weighted by atomic mass is 79.9. The predicted octanol–water partition coefficient (Wildman–Crippen LogP) is 2.74. The molecule has 0 saturated carbocycles. The van der Waals surface area contributed by atoms with E-state index in [9.17, 15) is 19.5 Å². The zero-order valence-corrected chi connectivity index (χ0v) is 13.5. The maximum Gasteiger partial charge on any atom is 0.327 e. The van der Waals surface area contributed by atoms with Gasteiger partial charge in [-0.05, 0) is 29.8 Å². The summed E-state index contributed by atoms with van der Waals surface area (Å²) >= 11 is 3.31. The molecule has 1 N–H and O–H groups in total. The molecule has 0 aromatic heterocycles. The second kappa shape index (κ2) is 5.96. The van der Waals surface area contributed by atoms with Crippen molar-refractivity contribution in [3.8, 4) is 0 Å². The molecule has 0 fully saturated rings. The van der Waals surface area contributed by atoms with Crippen molar-refractivity contribution in [2.24, 2.45) is 0 Å². The van der Waals surface area contributed by atoms with Crippen LogP contribution >= 0.6 is 15.9 Å². The summed E-state index contributed by atoms with van der Waals surface area (Å²) in [5, 5.41) is 9.51. The molecule has 2 aromatic rings. The van der Waals surface area contributed by atoms with Gasteiger partial charge in [-0.1, -0.05) is 40.2 Å². The van der Waals surface area contributed by atoms with Crippen LogP contribution in [0.25, 0.3) is 0 Å². The molecule has 116 valence electrons.